The predicted molar refractivity (Wildman–Crippen MR) is 121 cm³/mol. The molecule has 0 fully saturated rings. The smallest absolute Gasteiger partial charge is 0.272 e. The highest BCUT2D eigenvalue weighted by atomic mass is 16.7. The number of hydrogen-bond acceptors (Lipinski definition) is 8. The van der Waals surface area contributed by atoms with E-state index >= 15 is 0 Å². The molecule has 0 spiro atoms. The predicted octanol–water partition coefficient (Wildman–Crippen LogP) is 3.24. The van der Waals surface area contributed by atoms with Gasteiger partial charge < -0.3 is 19.5 Å². The second-order valence-corrected chi connectivity index (χ2v) is 8.05. The summed E-state index contributed by atoms with van der Waals surface area (Å²) >= 11 is 0. The van der Waals surface area contributed by atoms with Gasteiger partial charge >= 0.3 is 0 Å². The van der Waals surface area contributed by atoms with Gasteiger partial charge in [0.2, 0.25) is 12.7 Å². The van der Waals surface area contributed by atoms with Crippen molar-refractivity contribution in [3.05, 3.63) is 65.5 Å². The van der Waals surface area contributed by atoms with Crippen LogP contribution in [0.25, 0.3) is 17.2 Å². The molecule has 1 amide bonds. The lowest BCUT2D eigenvalue weighted by molar-refractivity contribution is -0.116. The molecule has 0 saturated heterocycles. The standard InChI is InChI=1S/C24H20N6O4/c1-13-22-17(14-6-7-19-20(9-14)34-12-33-19)10-21(31)27-23(22)30(29-13)24-26-18(11-25-28-24)15-4-3-5-16(8-15)32-2/h3-9,11,17H,10,12H2,1-2H3,(H,27,31). The van der Waals surface area contributed by atoms with Gasteiger partial charge in [0.25, 0.3) is 5.95 Å². The van der Waals surface area contributed by atoms with E-state index in [0.29, 0.717) is 35.2 Å². The van der Waals surface area contributed by atoms with Crippen LogP contribution >= 0.6 is 0 Å². The van der Waals surface area contributed by atoms with Gasteiger partial charge in [-0.2, -0.15) is 14.9 Å². The number of anilines is 1. The molecule has 2 aromatic carbocycles. The van der Waals surface area contributed by atoms with Gasteiger partial charge in [-0.15, -0.1) is 5.10 Å². The second-order valence-electron chi connectivity index (χ2n) is 8.05. The molecule has 0 saturated carbocycles. The largest absolute Gasteiger partial charge is 0.497 e. The minimum Gasteiger partial charge on any atom is -0.497 e. The van der Waals surface area contributed by atoms with Crippen molar-refractivity contribution in [1.82, 2.24) is 25.0 Å². The number of fused-ring (bicyclic) bond motifs is 2. The number of aromatic nitrogens is 5. The van der Waals surface area contributed by atoms with Crippen LogP contribution in [0, 0.1) is 6.92 Å². The second kappa shape index (κ2) is 7.84. The first-order chi connectivity index (χ1) is 16.6. The third kappa shape index (κ3) is 3.31. The molecule has 1 N–H and O–H groups in total. The van der Waals surface area contributed by atoms with Crippen molar-refractivity contribution in [2.24, 2.45) is 0 Å². The Morgan fingerprint density at radius 3 is 2.91 bits per heavy atom. The first kappa shape index (κ1) is 20.2. The molecular formula is C24H20N6O4. The maximum atomic E-state index is 12.7. The van der Waals surface area contributed by atoms with Crippen LogP contribution in [-0.2, 0) is 4.79 Å². The Hall–Kier alpha value is -4.47. The monoisotopic (exact) mass is 456 g/mol. The number of amides is 1. The summed E-state index contributed by atoms with van der Waals surface area (Å²) in [6.07, 6.45) is 1.87. The number of methoxy groups -OCH3 is 1. The molecule has 170 valence electrons. The summed E-state index contributed by atoms with van der Waals surface area (Å²) in [5, 5.41) is 15.9. The van der Waals surface area contributed by atoms with Crippen LogP contribution in [0.15, 0.2) is 48.7 Å². The Morgan fingerprint density at radius 1 is 1.15 bits per heavy atom. The topological polar surface area (TPSA) is 113 Å². The van der Waals surface area contributed by atoms with Crippen LogP contribution in [0.5, 0.6) is 17.2 Å². The van der Waals surface area contributed by atoms with Crippen LogP contribution in [0.2, 0.25) is 0 Å². The number of benzene rings is 2. The molecule has 0 bridgehead atoms. The molecule has 1 atom stereocenters. The fourth-order valence-corrected chi connectivity index (χ4v) is 4.41. The number of aryl methyl sites for hydroxylation is 1. The van der Waals surface area contributed by atoms with Crippen molar-refractivity contribution in [1.29, 1.82) is 0 Å². The molecular weight excluding hydrogens is 436 g/mol. The Bertz CT molecular complexity index is 1430. The fraction of sp³-hybridized carbons (Fsp3) is 0.208. The molecule has 4 aromatic rings. The summed E-state index contributed by atoms with van der Waals surface area (Å²) in [6, 6.07) is 13.3. The van der Waals surface area contributed by atoms with E-state index in [1.807, 2.05) is 49.4 Å². The SMILES string of the molecule is COc1cccc(-c2cnnc(-n3nc(C)c4c3NC(=O)CC4c3ccc4c(c3)OCO4)n2)c1. The van der Waals surface area contributed by atoms with Gasteiger partial charge in [-0.05, 0) is 36.8 Å². The summed E-state index contributed by atoms with van der Waals surface area (Å²) < 4.78 is 17.8. The Balaban J connectivity index is 1.43. The lowest BCUT2D eigenvalue weighted by Crippen LogP contribution is -2.25. The first-order valence-corrected chi connectivity index (χ1v) is 10.7. The van der Waals surface area contributed by atoms with Crippen LogP contribution < -0.4 is 19.5 Å². The van der Waals surface area contributed by atoms with Crippen LogP contribution in [0.3, 0.4) is 0 Å². The van der Waals surface area contributed by atoms with Gasteiger partial charge in [0.15, 0.2) is 11.5 Å². The molecule has 2 aliphatic rings. The van der Waals surface area contributed by atoms with Gasteiger partial charge in [-0.25, -0.2) is 4.98 Å². The van der Waals surface area contributed by atoms with Crippen LogP contribution in [-0.4, -0.2) is 44.8 Å². The minimum absolute atomic E-state index is 0.117. The number of nitrogens with one attached hydrogen (secondary N) is 1. The highest BCUT2D eigenvalue weighted by Gasteiger charge is 2.34. The average molecular weight is 456 g/mol. The van der Waals surface area contributed by atoms with Gasteiger partial charge in [-0.1, -0.05) is 18.2 Å². The molecule has 0 radical (unpaired) electrons. The van der Waals surface area contributed by atoms with Gasteiger partial charge in [0.05, 0.1) is 24.7 Å². The van der Waals surface area contributed by atoms with Gasteiger partial charge in [0.1, 0.15) is 11.6 Å². The highest BCUT2D eigenvalue weighted by molar-refractivity contribution is 5.95. The molecule has 2 aliphatic heterocycles. The molecule has 0 aliphatic carbocycles. The number of rotatable bonds is 4. The fourth-order valence-electron chi connectivity index (χ4n) is 4.41. The number of ether oxygens (including phenoxy) is 3. The van der Waals surface area contributed by atoms with Gasteiger partial charge in [0, 0.05) is 23.5 Å². The molecule has 34 heavy (non-hydrogen) atoms. The summed E-state index contributed by atoms with van der Waals surface area (Å²) in [5.74, 6) is 2.58. The number of carbonyl (C=O) groups excluding carboxylic acids is 1. The summed E-state index contributed by atoms with van der Waals surface area (Å²) in [4.78, 5) is 17.4. The minimum atomic E-state index is -0.193. The van der Waals surface area contributed by atoms with E-state index in [1.165, 1.54) is 0 Å². The van der Waals surface area contributed by atoms with E-state index in [2.05, 4.69) is 25.6 Å². The summed E-state index contributed by atoms with van der Waals surface area (Å²) in [6.45, 7) is 2.10. The molecule has 4 heterocycles. The maximum Gasteiger partial charge on any atom is 0.272 e. The third-order valence-corrected chi connectivity index (χ3v) is 6.00. The van der Waals surface area contributed by atoms with Crippen molar-refractivity contribution >= 4 is 11.7 Å². The quantitative estimate of drug-likeness (QED) is 0.498. The summed E-state index contributed by atoms with van der Waals surface area (Å²) in [5.41, 5.74) is 4.07. The lowest BCUT2D eigenvalue weighted by Gasteiger charge is -2.24. The third-order valence-electron chi connectivity index (χ3n) is 6.00. The van der Waals surface area contributed by atoms with E-state index in [-0.39, 0.29) is 24.6 Å². The average Bonchev–Trinajstić information content (AvgIpc) is 3.47. The Labute approximate surface area is 194 Å². The van der Waals surface area contributed by atoms with Crippen molar-refractivity contribution in [3.63, 3.8) is 0 Å². The lowest BCUT2D eigenvalue weighted by atomic mass is 9.85. The van der Waals surface area contributed by atoms with Crippen molar-refractivity contribution in [2.45, 2.75) is 19.3 Å². The number of hydrogen-bond donors (Lipinski definition) is 1. The normalized spacial score (nSPS) is 16.2. The van der Waals surface area contributed by atoms with Crippen molar-refractivity contribution in [2.75, 3.05) is 19.2 Å². The zero-order valence-corrected chi connectivity index (χ0v) is 18.5. The molecule has 10 nitrogen and oxygen atoms in total. The zero-order chi connectivity index (χ0) is 23.2. The first-order valence-electron chi connectivity index (χ1n) is 10.7. The van der Waals surface area contributed by atoms with E-state index < -0.39 is 0 Å². The van der Waals surface area contributed by atoms with E-state index in [9.17, 15) is 4.79 Å². The van der Waals surface area contributed by atoms with E-state index in [1.54, 1.807) is 18.0 Å². The van der Waals surface area contributed by atoms with Gasteiger partial charge in [-0.3, -0.25) is 4.79 Å². The Kier molecular flexibility index (Phi) is 4.65. The number of nitrogens with zero attached hydrogens (tertiary/aromatic N) is 5. The number of carbonyl (C=O) groups is 1. The molecule has 6 rings (SSSR count). The van der Waals surface area contributed by atoms with Crippen molar-refractivity contribution < 1.29 is 19.0 Å². The van der Waals surface area contributed by atoms with E-state index in [0.717, 1.165) is 22.4 Å². The van der Waals surface area contributed by atoms with Crippen LogP contribution in [0.4, 0.5) is 5.82 Å². The van der Waals surface area contributed by atoms with E-state index in [4.69, 9.17) is 14.2 Å². The highest BCUT2D eigenvalue weighted by Crippen LogP contribution is 2.43. The van der Waals surface area contributed by atoms with Crippen LogP contribution in [0.1, 0.15) is 29.2 Å². The molecule has 1 unspecified atom stereocenters. The maximum absolute atomic E-state index is 12.7. The summed E-state index contributed by atoms with van der Waals surface area (Å²) in [7, 11) is 1.61. The Morgan fingerprint density at radius 2 is 2.03 bits per heavy atom. The van der Waals surface area contributed by atoms with Crippen molar-refractivity contribution in [3.8, 4) is 34.5 Å². The molecule has 2 aromatic heterocycles. The molecule has 10 heteroatoms. The zero-order valence-electron chi connectivity index (χ0n) is 18.5.